The quantitative estimate of drug-likeness (QED) is 0.212. The topological polar surface area (TPSA) is 96.9 Å². The number of H-pyrrole nitrogens is 1. The predicted octanol–water partition coefficient (Wildman–Crippen LogP) is 4.96. The van der Waals surface area contributed by atoms with Crippen molar-refractivity contribution in [2.45, 2.75) is 24.8 Å². The van der Waals surface area contributed by atoms with E-state index in [9.17, 15) is 14.2 Å². The van der Waals surface area contributed by atoms with Gasteiger partial charge in [-0.05, 0) is 49.0 Å². The van der Waals surface area contributed by atoms with E-state index in [0.717, 1.165) is 16.7 Å². The van der Waals surface area contributed by atoms with E-state index in [1.54, 1.807) is 21.0 Å². The number of hydrogen-bond acceptors (Lipinski definition) is 6. The lowest BCUT2D eigenvalue weighted by atomic mass is 9.75. The number of benzene rings is 3. The third-order valence-electron chi connectivity index (χ3n) is 7.55. The van der Waals surface area contributed by atoms with Crippen molar-refractivity contribution >= 4 is 18.1 Å². The van der Waals surface area contributed by atoms with Gasteiger partial charge in [0.05, 0.1) is 18.2 Å². The van der Waals surface area contributed by atoms with Gasteiger partial charge in [0.25, 0.3) is 5.56 Å². The summed E-state index contributed by atoms with van der Waals surface area (Å²) in [5.74, 6) is 0. The molecule has 2 heterocycles. The van der Waals surface area contributed by atoms with Gasteiger partial charge in [-0.2, -0.15) is 0 Å². The zero-order chi connectivity index (χ0) is 29.9. The highest BCUT2D eigenvalue weighted by atomic mass is 35.7. The lowest BCUT2D eigenvalue weighted by Crippen LogP contribution is -2.58. The minimum atomic E-state index is -3.59. The van der Waals surface area contributed by atoms with E-state index in [1.165, 1.54) is 15.4 Å². The van der Waals surface area contributed by atoms with Gasteiger partial charge >= 0.3 is 12.6 Å². The van der Waals surface area contributed by atoms with Crippen LogP contribution in [0, 0.1) is 6.92 Å². The van der Waals surface area contributed by atoms with Crippen molar-refractivity contribution in [3.63, 3.8) is 0 Å². The van der Waals surface area contributed by atoms with Crippen molar-refractivity contribution in [2.24, 2.45) is 0 Å². The molecule has 3 aromatic carbocycles. The smallest absolute Gasteiger partial charge is 0.350 e. The Labute approximate surface area is 249 Å². The molecule has 11 heteroatoms. The summed E-state index contributed by atoms with van der Waals surface area (Å²) in [5, 5.41) is 0. The van der Waals surface area contributed by atoms with E-state index in [1.807, 2.05) is 54.6 Å². The Kier molecular flexibility index (Phi) is 8.99. The Morgan fingerprint density at radius 1 is 0.929 bits per heavy atom. The van der Waals surface area contributed by atoms with Crippen LogP contribution in [0.15, 0.2) is 107 Å². The zero-order valence-corrected chi connectivity index (χ0v) is 25.4. The highest BCUT2D eigenvalue weighted by Crippen LogP contribution is 2.54. The molecule has 0 bridgehead atoms. The van der Waals surface area contributed by atoms with Crippen molar-refractivity contribution in [3.05, 3.63) is 140 Å². The Hall–Kier alpha value is -3.30. The molecule has 1 saturated heterocycles. The molecule has 1 fully saturated rings. The molecule has 0 radical (unpaired) electrons. The number of aromatic amines is 1. The highest BCUT2D eigenvalue weighted by Gasteiger charge is 2.46. The summed E-state index contributed by atoms with van der Waals surface area (Å²) in [7, 11) is 3.16. The Morgan fingerprint density at radius 3 is 1.90 bits per heavy atom. The molecule has 42 heavy (non-hydrogen) atoms. The summed E-state index contributed by atoms with van der Waals surface area (Å²) < 4.78 is 27.8. The molecule has 0 spiro atoms. The van der Waals surface area contributed by atoms with Crippen LogP contribution in [0.4, 0.5) is 0 Å². The second-order valence-electron chi connectivity index (χ2n) is 10.5. The minimum absolute atomic E-state index is 0.0858. The van der Waals surface area contributed by atoms with E-state index in [4.69, 9.17) is 20.5 Å². The maximum absolute atomic E-state index is 13.1. The Morgan fingerprint density at radius 2 is 1.43 bits per heavy atom. The molecular weight excluding hydrogens is 575 g/mol. The van der Waals surface area contributed by atoms with Gasteiger partial charge in [-0.3, -0.25) is 23.8 Å². The zero-order valence-electron chi connectivity index (χ0n) is 23.7. The number of rotatable bonds is 9. The molecule has 0 amide bonds. The molecule has 9 nitrogen and oxygen atoms in total. The van der Waals surface area contributed by atoms with Crippen molar-refractivity contribution < 1.29 is 13.8 Å². The molecule has 0 saturated carbocycles. The summed E-state index contributed by atoms with van der Waals surface area (Å²) >= 11 is 6.22. The molecular formula is C31H34ClN4O5P. The van der Waals surface area contributed by atoms with Gasteiger partial charge in [-0.25, -0.2) is 9.46 Å². The highest BCUT2D eigenvalue weighted by molar-refractivity contribution is 7.83. The number of hydrogen-bond donors (Lipinski definition) is 1. The molecule has 5 rings (SSSR count). The summed E-state index contributed by atoms with van der Waals surface area (Å²) in [5.41, 5.74) is 1.58. The van der Waals surface area contributed by atoms with Gasteiger partial charge in [0, 0.05) is 24.8 Å². The van der Waals surface area contributed by atoms with Gasteiger partial charge in [0.15, 0.2) is 6.23 Å². The normalized spacial score (nSPS) is 19.5. The fraction of sp³-hybridized carbons (Fsp3) is 0.290. The number of morpholine rings is 1. The van der Waals surface area contributed by atoms with Crippen LogP contribution < -0.4 is 11.2 Å². The van der Waals surface area contributed by atoms with Crippen LogP contribution in [0.25, 0.3) is 0 Å². The number of ether oxygens (including phenoxy) is 1. The third kappa shape index (κ3) is 5.95. The van der Waals surface area contributed by atoms with Crippen molar-refractivity contribution in [2.75, 3.05) is 33.8 Å². The number of nitrogens with one attached hydrogen (secondary N) is 1. The lowest BCUT2D eigenvalue weighted by molar-refractivity contribution is -0.148. The molecule has 0 aliphatic carbocycles. The van der Waals surface area contributed by atoms with Gasteiger partial charge in [-0.15, -0.1) is 0 Å². The van der Waals surface area contributed by atoms with E-state index in [0.29, 0.717) is 12.1 Å². The largest absolute Gasteiger partial charge is 0.362 e. The fourth-order valence-electron chi connectivity index (χ4n) is 5.51. The lowest BCUT2D eigenvalue weighted by Gasteiger charge is -2.50. The van der Waals surface area contributed by atoms with Crippen LogP contribution >= 0.6 is 18.1 Å². The van der Waals surface area contributed by atoms with Gasteiger partial charge in [-0.1, -0.05) is 91.0 Å². The van der Waals surface area contributed by atoms with Crippen LogP contribution in [0.1, 0.15) is 28.5 Å². The van der Waals surface area contributed by atoms with Crippen molar-refractivity contribution in [1.29, 1.82) is 0 Å². The van der Waals surface area contributed by atoms with E-state index in [-0.39, 0.29) is 13.2 Å². The summed E-state index contributed by atoms with van der Waals surface area (Å²) in [6.45, 7) is -1.40. The number of nitrogens with zero attached hydrogens (tertiary/aromatic N) is 3. The van der Waals surface area contributed by atoms with E-state index >= 15 is 0 Å². The fourth-order valence-corrected chi connectivity index (χ4v) is 6.26. The second kappa shape index (κ2) is 12.5. The van der Waals surface area contributed by atoms with Crippen LogP contribution in [-0.2, 0) is 19.4 Å². The van der Waals surface area contributed by atoms with Crippen LogP contribution in [0.3, 0.4) is 0 Å². The molecule has 1 N–H and O–H groups in total. The minimum Gasteiger partial charge on any atom is -0.350 e. The summed E-state index contributed by atoms with van der Waals surface area (Å²) in [6.07, 6.45) is 0.0692. The summed E-state index contributed by atoms with van der Waals surface area (Å²) in [6, 6.07) is 30.5. The van der Waals surface area contributed by atoms with E-state index < -0.39 is 36.0 Å². The van der Waals surface area contributed by atoms with Crippen molar-refractivity contribution in [3.8, 4) is 0 Å². The standard InChI is InChI=1S/C31H34ClN4O5P/c1-23-19-36(30(38)33-29(23)37)28-21-35(20-27(41-28)22-40-42(32,39)34(2)3)31(24-13-7-4-8-14-24,25-15-9-5-10-16-25)26-17-11-6-12-18-26/h4-19,27-28H,20-22H2,1-3H3,(H,33,37,38)/t27-,28+,42+/m0/s1. The molecule has 220 valence electrons. The predicted molar refractivity (Wildman–Crippen MR) is 164 cm³/mol. The first-order valence-corrected chi connectivity index (χ1v) is 16.1. The first kappa shape index (κ1) is 30.2. The Bertz CT molecular complexity index is 1570. The monoisotopic (exact) mass is 608 g/mol. The van der Waals surface area contributed by atoms with Gasteiger partial charge in [0.1, 0.15) is 0 Å². The number of aromatic nitrogens is 2. The Balaban J connectivity index is 1.70. The molecule has 1 aliphatic heterocycles. The van der Waals surface area contributed by atoms with Gasteiger partial charge in [0.2, 0.25) is 0 Å². The average Bonchev–Trinajstić information content (AvgIpc) is 3.00. The van der Waals surface area contributed by atoms with Crippen LogP contribution in [-0.4, -0.2) is 59.0 Å². The SMILES string of the molecule is Cc1cn([C@H]2CN(C(c3ccccc3)(c3ccccc3)c3ccccc3)C[C@@H](CO[P@](=O)(Cl)N(C)C)O2)c(=O)[nH]c1=O. The molecule has 0 unspecified atom stereocenters. The molecule has 3 atom stereocenters. The molecule has 1 aromatic heterocycles. The van der Waals surface area contributed by atoms with Gasteiger partial charge < -0.3 is 9.26 Å². The first-order chi connectivity index (χ1) is 20.1. The maximum atomic E-state index is 13.1. The number of aryl methyl sites for hydroxylation is 1. The van der Waals surface area contributed by atoms with E-state index in [2.05, 4.69) is 46.3 Å². The summed E-state index contributed by atoms with van der Waals surface area (Å²) in [4.78, 5) is 29.9. The second-order valence-corrected chi connectivity index (χ2v) is 13.7. The molecule has 4 aromatic rings. The maximum Gasteiger partial charge on any atom is 0.362 e. The number of halogens is 1. The third-order valence-corrected chi connectivity index (χ3v) is 10.2. The average molecular weight is 609 g/mol. The van der Waals surface area contributed by atoms with Crippen LogP contribution in [0.2, 0.25) is 0 Å². The van der Waals surface area contributed by atoms with Crippen LogP contribution in [0.5, 0.6) is 0 Å². The van der Waals surface area contributed by atoms with Crippen molar-refractivity contribution in [1.82, 2.24) is 19.1 Å². The molecule has 1 aliphatic rings. The first-order valence-electron chi connectivity index (χ1n) is 13.6.